The van der Waals surface area contributed by atoms with E-state index in [2.05, 4.69) is 41.5 Å². The molecule has 1 atom stereocenters. The fourth-order valence-corrected chi connectivity index (χ4v) is 2.39. The smallest absolute Gasteiger partial charge is 0.0669 e. The van der Waals surface area contributed by atoms with Crippen molar-refractivity contribution in [2.45, 2.75) is 32.7 Å². The Morgan fingerprint density at radius 1 is 1.32 bits per heavy atom. The number of likely N-dealkylation sites (N-methyl/N-ethyl adjacent to an activating group) is 1. The van der Waals surface area contributed by atoms with E-state index in [9.17, 15) is 0 Å². The number of hydrogen-bond donors (Lipinski definition) is 1. The summed E-state index contributed by atoms with van der Waals surface area (Å²) >= 11 is 0. The van der Waals surface area contributed by atoms with Gasteiger partial charge in [-0.3, -0.25) is 9.67 Å². The molecule has 0 aliphatic carbocycles. The van der Waals surface area contributed by atoms with Crippen LogP contribution in [0, 0.1) is 0 Å². The molecule has 1 N–H and O–H groups in total. The molecule has 102 valence electrons. The first-order valence-electron chi connectivity index (χ1n) is 6.90. The van der Waals surface area contributed by atoms with Crippen molar-refractivity contribution in [3.05, 3.63) is 47.5 Å². The quantitative estimate of drug-likeness (QED) is 0.864. The van der Waals surface area contributed by atoms with Crippen molar-refractivity contribution in [3.63, 3.8) is 0 Å². The number of pyridine rings is 1. The third-order valence-electron chi connectivity index (χ3n) is 3.24. The highest BCUT2D eigenvalue weighted by Gasteiger charge is 2.17. The molecule has 0 aliphatic rings. The van der Waals surface area contributed by atoms with E-state index in [4.69, 9.17) is 0 Å². The molecule has 0 aliphatic heterocycles. The first-order chi connectivity index (χ1) is 9.24. The minimum Gasteiger partial charge on any atom is -0.310 e. The van der Waals surface area contributed by atoms with E-state index in [1.807, 2.05) is 30.1 Å². The first-order valence-corrected chi connectivity index (χ1v) is 6.90. The molecule has 2 heterocycles. The number of aryl methyl sites for hydroxylation is 2. The van der Waals surface area contributed by atoms with Crippen LogP contribution in [0.1, 0.15) is 36.8 Å². The zero-order valence-electron chi connectivity index (χ0n) is 11.9. The van der Waals surface area contributed by atoms with Crippen molar-refractivity contribution in [1.82, 2.24) is 20.1 Å². The minimum atomic E-state index is 0.281. The van der Waals surface area contributed by atoms with E-state index in [1.165, 1.54) is 11.3 Å². The lowest BCUT2D eigenvalue weighted by Gasteiger charge is -2.17. The molecule has 4 nitrogen and oxygen atoms in total. The standard InChI is InChI=1S/C15H22N4/c1-4-14-13(11-19(3)18-14)15(16-5-2)10-12-8-6-7-9-17-12/h6-9,11,15-16H,4-5,10H2,1-3H3. The van der Waals surface area contributed by atoms with Gasteiger partial charge >= 0.3 is 0 Å². The summed E-state index contributed by atoms with van der Waals surface area (Å²) in [6.45, 7) is 5.22. The maximum absolute atomic E-state index is 4.53. The Hall–Kier alpha value is -1.68. The fourth-order valence-electron chi connectivity index (χ4n) is 2.39. The Morgan fingerprint density at radius 3 is 2.79 bits per heavy atom. The van der Waals surface area contributed by atoms with Gasteiger partial charge in [-0.05, 0) is 25.1 Å². The molecular weight excluding hydrogens is 236 g/mol. The second-order valence-corrected chi connectivity index (χ2v) is 4.69. The van der Waals surface area contributed by atoms with E-state index >= 15 is 0 Å². The van der Waals surface area contributed by atoms with Crippen LogP contribution in [0.3, 0.4) is 0 Å². The molecular formula is C15H22N4. The van der Waals surface area contributed by atoms with Gasteiger partial charge in [0.05, 0.1) is 5.69 Å². The normalized spacial score (nSPS) is 12.6. The van der Waals surface area contributed by atoms with E-state index in [0.29, 0.717) is 0 Å². The average Bonchev–Trinajstić information content (AvgIpc) is 2.80. The Morgan fingerprint density at radius 2 is 2.16 bits per heavy atom. The third-order valence-corrected chi connectivity index (χ3v) is 3.24. The van der Waals surface area contributed by atoms with Crippen LogP contribution in [0.25, 0.3) is 0 Å². The van der Waals surface area contributed by atoms with Gasteiger partial charge in [-0.2, -0.15) is 5.10 Å². The van der Waals surface area contributed by atoms with Crippen molar-refractivity contribution < 1.29 is 0 Å². The molecule has 0 saturated carbocycles. The van der Waals surface area contributed by atoms with Gasteiger partial charge in [0.25, 0.3) is 0 Å². The van der Waals surface area contributed by atoms with Gasteiger partial charge in [-0.1, -0.05) is 19.9 Å². The SMILES string of the molecule is CCNC(Cc1ccccn1)c1cn(C)nc1CC. The summed E-state index contributed by atoms with van der Waals surface area (Å²) in [5.41, 5.74) is 3.57. The highest BCUT2D eigenvalue weighted by Crippen LogP contribution is 2.21. The summed E-state index contributed by atoms with van der Waals surface area (Å²) in [6, 6.07) is 6.35. The summed E-state index contributed by atoms with van der Waals surface area (Å²) in [5, 5.41) is 8.07. The molecule has 4 heteroatoms. The van der Waals surface area contributed by atoms with Gasteiger partial charge in [0, 0.05) is 43.2 Å². The van der Waals surface area contributed by atoms with Gasteiger partial charge in [-0.25, -0.2) is 0 Å². The Kier molecular flexibility index (Phi) is 4.68. The Labute approximate surface area is 114 Å². The Balaban J connectivity index is 2.24. The van der Waals surface area contributed by atoms with Gasteiger partial charge in [0.1, 0.15) is 0 Å². The monoisotopic (exact) mass is 258 g/mol. The molecule has 0 bridgehead atoms. The number of rotatable bonds is 6. The van der Waals surface area contributed by atoms with Crippen LogP contribution < -0.4 is 5.32 Å². The summed E-state index contributed by atoms with van der Waals surface area (Å²) in [7, 11) is 1.98. The maximum atomic E-state index is 4.53. The lowest BCUT2D eigenvalue weighted by molar-refractivity contribution is 0.540. The van der Waals surface area contributed by atoms with Crippen molar-refractivity contribution in [2.24, 2.45) is 7.05 Å². The van der Waals surface area contributed by atoms with Crippen molar-refractivity contribution in [3.8, 4) is 0 Å². The second-order valence-electron chi connectivity index (χ2n) is 4.69. The fraction of sp³-hybridized carbons (Fsp3) is 0.467. The van der Waals surface area contributed by atoms with Crippen LogP contribution in [0.2, 0.25) is 0 Å². The molecule has 19 heavy (non-hydrogen) atoms. The van der Waals surface area contributed by atoms with Crippen LogP contribution in [-0.2, 0) is 19.9 Å². The van der Waals surface area contributed by atoms with Crippen LogP contribution in [-0.4, -0.2) is 21.3 Å². The minimum absolute atomic E-state index is 0.281. The molecule has 2 aromatic heterocycles. The molecule has 0 amide bonds. The third kappa shape index (κ3) is 3.41. The van der Waals surface area contributed by atoms with E-state index < -0.39 is 0 Å². The van der Waals surface area contributed by atoms with Crippen molar-refractivity contribution in [1.29, 1.82) is 0 Å². The van der Waals surface area contributed by atoms with Crippen LogP contribution in [0.15, 0.2) is 30.6 Å². The number of hydrogen-bond acceptors (Lipinski definition) is 3. The van der Waals surface area contributed by atoms with E-state index in [1.54, 1.807) is 0 Å². The van der Waals surface area contributed by atoms with Crippen molar-refractivity contribution in [2.75, 3.05) is 6.54 Å². The summed E-state index contributed by atoms with van der Waals surface area (Å²) in [6.07, 6.45) is 5.82. The summed E-state index contributed by atoms with van der Waals surface area (Å²) in [4.78, 5) is 4.42. The van der Waals surface area contributed by atoms with Gasteiger partial charge in [0.15, 0.2) is 0 Å². The van der Waals surface area contributed by atoms with Crippen molar-refractivity contribution >= 4 is 0 Å². The van der Waals surface area contributed by atoms with Gasteiger partial charge < -0.3 is 5.32 Å². The molecule has 0 saturated heterocycles. The number of nitrogens with one attached hydrogen (secondary N) is 1. The largest absolute Gasteiger partial charge is 0.310 e. The molecule has 2 rings (SSSR count). The molecule has 0 fully saturated rings. The van der Waals surface area contributed by atoms with Crippen LogP contribution >= 0.6 is 0 Å². The predicted octanol–water partition coefficient (Wildman–Crippen LogP) is 2.27. The lowest BCUT2D eigenvalue weighted by Crippen LogP contribution is -2.24. The second kappa shape index (κ2) is 6.48. The highest BCUT2D eigenvalue weighted by molar-refractivity contribution is 5.23. The topological polar surface area (TPSA) is 42.7 Å². The predicted molar refractivity (Wildman–Crippen MR) is 76.9 cm³/mol. The van der Waals surface area contributed by atoms with E-state index in [-0.39, 0.29) is 6.04 Å². The van der Waals surface area contributed by atoms with Gasteiger partial charge in [0.2, 0.25) is 0 Å². The maximum Gasteiger partial charge on any atom is 0.0669 e. The Bertz CT molecular complexity index is 504. The summed E-state index contributed by atoms with van der Waals surface area (Å²) in [5.74, 6) is 0. The van der Waals surface area contributed by atoms with Crippen LogP contribution in [0.4, 0.5) is 0 Å². The molecule has 0 radical (unpaired) electrons. The molecule has 1 unspecified atom stereocenters. The first kappa shape index (κ1) is 13.7. The average molecular weight is 258 g/mol. The van der Waals surface area contributed by atoms with Crippen LogP contribution in [0.5, 0.6) is 0 Å². The number of aromatic nitrogens is 3. The number of nitrogens with zero attached hydrogens (tertiary/aromatic N) is 3. The summed E-state index contributed by atoms with van der Waals surface area (Å²) < 4.78 is 1.90. The zero-order chi connectivity index (χ0) is 13.7. The zero-order valence-corrected chi connectivity index (χ0v) is 11.9. The molecule has 2 aromatic rings. The highest BCUT2D eigenvalue weighted by atomic mass is 15.3. The van der Waals surface area contributed by atoms with Gasteiger partial charge in [-0.15, -0.1) is 0 Å². The molecule has 0 spiro atoms. The van der Waals surface area contributed by atoms with E-state index in [0.717, 1.165) is 25.1 Å². The lowest BCUT2D eigenvalue weighted by atomic mass is 10.0. The molecule has 0 aromatic carbocycles.